The minimum absolute atomic E-state index is 0.00434. The van der Waals surface area contributed by atoms with Gasteiger partial charge in [0.15, 0.2) is 5.69 Å². The molecule has 2 amide bonds. The largest absolute Gasteiger partial charge is 0.527 e. The number of carbonyl (C=O) groups excluding carboxylic acids is 4. The Hall–Kier alpha value is -3.88. The molecule has 3 aliphatic rings. The maximum absolute atomic E-state index is 13.5. The Morgan fingerprint density at radius 2 is 1.68 bits per heavy atom. The number of nitrogens with zero attached hydrogens (tertiary/aromatic N) is 4. The third kappa shape index (κ3) is 8.18. The molecule has 1 atom stereocenters. The quantitative estimate of drug-likeness (QED) is 0.308. The monoisotopic (exact) mass is 621 g/mol. The number of nitrogens with one attached hydrogen (secondary N) is 1. The standard InChI is InChI=1S/C29H43N5O10/c1-3-41-27(39)29(13-8-14-29)43-23-19-22(31-34(23)20-9-6-5-7-10-20)25(37)30-21(11-12-24(35)36)26(38)32-15-17-33(18-16-32)44-28(40)42-4-2/h19-21H,3-18H2,1-2H3,(H,30,37)(H,35,36)/t21-/m0/s1. The molecule has 0 radical (unpaired) electrons. The summed E-state index contributed by atoms with van der Waals surface area (Å²) < 4.78 is 18.0. The third-order valence-electron chi connectivity index (χ3n) is 8.23. The topological polar surface area (TPSA) is 179 Å². The minimum Gasteiger partial charge on any atom is -0.481 e. The van der Waals surface area contributed by atoms with Gasteiger partial charge < -0.3 is 34.4 Å². The van der Waals surface area contributed by atoms with Crippen molar-refractivity contribution in [2.24, 2.45) is 0 Å². The number of rotatable bonds is 13. The predicted molar refractivity (Wildman–Crippen MR) is 153 cm³/mol. The van der Waals surface area contributed by atoms with Crippen molar-refractivity contribution in [3.05, 3.63) is 11.8 Å². The van der Waals surface area contributed by atoms with Crippen molar-refractivity contribution in [2.75, 3.05) is 39.4 Å². The fourth-order valence-corrected chi connectivity index (χ4v) is 5.69. The number of hydroxylamine groups is 2. The van der Waals surface area contributed by atoms with Crippen molar-refractivity contribution in [2.45, 2.75) is 95.7 Å². The first kappa shape index (κ1) is 33.0. The Morgan fingerprint density at radius 1 is 1.00 bits per heavy atom. The molecule has 2 N–H and O–H groups in total. The van der Waals surface area contributed by atoms with E-state index in [2.05, 4.69) is 10.4 Å². The molecule has 15 heteroatoms. The number of amides is 2. The lowest BCUT2D eigenvalue weighted by molar-refractivity contribution is -0.170. The number of hydrogen-bond donors (Lipinski definition) is 2. The highest BCUT2D eigenvalue weighted by molar-refractivity contribution is 5.96. The maximum Gasteiger partial charge on any atom is 0.527 e. The average molecular weight is 622 g/mol. The van der Waals surface area contributed by atoms with Crippen molar-refractivity contribution in [3.8, 4) is 5.88 Å². The smallest absolute Gasteiger partial charge is 0.481 e. The van der Waals surface area contributed by atoms with Gasteiger partial charge in [0.05, 0.1) is 32.3 Å². The summed E-state index contributed by atoms with van der Waals surface area (Å²) in [5.74, 6) is -2.36. The molecule has 0 spiro atoms. The lowest BCUT2D eigenvalue weighted by atomic mass is 9.80. The predicted octanol–water partition coefficient (Wildman–Crippen LogP) is 2.45. The summed E-state index contributed by atoms with van der Waals surface area (Å²) in [4.78, 5) is 69.4. The molecular formula is C29H43N5O10. The lowest BCUT2D eigenvalue weighted by Crippen LogP contribution is -2.55. The lowest BCUT2D eigenvalue weighted by Gasteiger charge is -2.39. The highest BCUT2D eigenvalue weighted by atomic mass is 16.8. The molecule has 0 aromatic carbocycles. The summed E-state index contributed by atoms with van der Waals surface area (Å²) in [6, 6.07) is 0.336. The summed E-state index contributed by atoms with van der Waals surface area (Å²) in [6.45, 7) is 4.62. The summed E-state index contributed by atoms with van der Waals surface area (Å²) in [6.07, 6.45) is 5.28. The zero-order chi connectivity index (χ0) is 31.7. The molecule has 1 saturated heterocycles. The van der Waals surface area contributed by atoms with Crippen LogP contribution in [0.15, 0.2) is 6.07 Å². The molecule has 3 fully saturated rings. The first-order valence-electron chi connectivity index (χ1n) is 15.5. The Labute approximate surface area is 256 Å². The average Bonchev–Trinajstić information content (AvgIpc) is 3.41. The van der Waals surface area contributed by atoms with E-state index in [-0.39, 0.29) is 64.0 Å². The SMILES string of the molecule is CCOC(=O)ON1CCN(C(=O)[C@H](CCC(=O)O)NC(=O)c2cc(OC3(C(=O)OCC)CCC3)n(C3CCCCC3)n2)CC1. The van der Waals surface area contributed by atoms with Gasteiger partial charge in [-0.1, -0.05) is 19.3 Å². The first-order chi connectivity index (χ1) is 21.2. The number of aliphatic carboxylic acids is 1. The summed E-state index contributed by atoms with van der Waals surface area (Å²) in [5, 5.41) is 17.9. The van der Waals surface area contributed by atoms with E-state index in [0.717, 1.165) is 38.5 Å². The molecule has 0 unspecified atom stereocenters. The molecule has 1 aromatic heterocycles. The van der Waals surface area contributed by atoms with Crippen LogP contribution < -0.4 is 10.1 Å². The normalized spacial score (nSPS) is 19.3. The zero-order valence-electron chi connectivity index (χ0n) is 25.5. The van der Waals surface area contributed by atoms with E-state index in [4.69, 9.17) is 19.0 Å². The van der Waals surface area contributed by atoms with Gasteiger partial charge in [0.25, 0.3) is 5.91 Å². The Balaban J connectivity index is 1.49. The van der Waals surface area contributed by atoms with Gasteiger partial charge in [-0.2, -0.15) is 5.10 Å². The molecule has 2 saturated carbocycles. The Kier molecular flexibility index (Phi) is 11.4. The fraction of sp³-hybridized carbons (Fsp3) is 0.724. The number of ether oxygens (including phenoxy) is 3. The molecule has 1 aromatic rings. The first-order valence-corrected chi connectivity index (χ1v) is 15.5. The van der Waals surface area contributed by atoms with Gasteiger partial charge in [-0.3, -0.25) is 14.4 Å². The van der Waals surface area contributed by atoms with Crippen LogP contribution in [0.3, 0.4) is 0 Å². The molecule has 0 bridgehead atoms. The van der Waals surface area contributed by atoms with E-state index in [9.17, 15) is 29.1 Å². The number of carboxylic acid groups (broad SMARTS) is 1. The van der Waals surface area contributed by atoms with Crippen molar-refractivity contribution in [1.82, 2.24) is 25.1 Å². The number of piperazine rings is 1. The summed E-state index contributed by atoms with van der Waals surface area (Å²) >= 11 is 0. The molecule has 15 nitrogen and oxygen atoms in total. The van der Waals surface area contributed by atoms with Crippen LogP contribution in [0.4, 0.5) is 4.79 Å². The molecule has 2 heterocycles. The molecule has 4 rings (SSSR count). The van der Waals surface area contributed by atoms with E-state index in [1.807, 2.05) is 0 Å². The summed E-state index contributed by atoms with van der Waals surface area (Å²) in [5.41, 5.74) is -1.13. The fourth-order valence-electron chi connectivity index (χ4n) is 5.69. The zero-order valence-corrected chi connectivity index (χ0v) is 25.5. The molecule has 244 valence electrons. The van der Waals surface area contributed by atoms with Crippen LogP contribution in [0.1, 0.15) is 94.6 Å². The maximum atomic E-state index is 13.5. The van der Waals surface area contributed by atoms with E-state index < -0.39 is 41.6 Å². The molecule has 44 heavy (non-hydrogen) atoms. The van der Waals surface area contributed by atoms with Crippen LogP contribution in [-0.4, -0.2) is 106 Å². The Bertz CT molecular complexity index is 1190. The van der Waals surface area contributed by atoms with Crippen molar-refractivity contribution < 1.29 is 48.1 Å². The second kappa shape index (κ2) is 15.2. The van der Waals surface area contributed by atoms with Crippen LogP contribution in [0.5, 0.6) is 5.88 Å². The minimum atomic E-state index is -1.13. The van der Waals surface area contributed by atoms with Gasteiger partial charge in [0.2, 0.25) is 17.4 Å². The van der Waals surface area contributed by atoms with Gasteiger partial charge in [0, 0.05) is 25.6 Å². The van der Waals surface area contributed by atoms with Gasteiger partial charge in [0.1, 0.15) is 6.04 Å². The number of aromatic nitrogens is 2. The number of esters is 1. The molecule has 2 aliphatic carbocycles. The van der Waals surface area contributed by atoms with Crippen molar-refractivity contribution >= 4 is 29.9 Å². The molecule has 1 aliphatic heterocycles. The van der Waals surface area contributed by atoms with E-state index in [1.165, 1.54) is 16.0 Å². The van der Waals surface area contributed by atoms with Crippen LogP contribution in [0.25, 0.3) is 0 Å². The molecular weight excluding hydrogens is 578 g/mol. The van der Waals surface area contributed by atoms with Crippen LogP contribution in [0, 0.1) is 0 Å². The van der Waals surface area contributed by atoms with E-state index in [1.54, 1.807) is 18.5 Å². The van der Waals surface area contributed by atoms with Gasteiger partial charge >= 0.3 is 18.1 Å². The van der Waals surface area contributed by atoms with E-state index in [0.29, 0.717) is 18.7 Å². The number of carbonyl (C=O) groups is 5. The highest BCUT2D eigenvalue weighted by Gasteiger charge is 2.49. The summed E-state index contributed by atoms with van der Waals surface area (Å²) in [7, 11) is 0. The van der Waals surface area contributed by atoms with Gasteiger partial charge in [-0.25, -0.2) is 14.3 Å². The van der Waals surface area contributed by atoms with Crippen molar-refractivity contribution in [1.29, 1.82) is 0 Å². The third-order valence-corrected chi connectivity index (χ3v) is 8.23. The second-order valence-corrected chi connectivity index (χ2v) is 11.3. The van der Waals surface area contributed by atoms with E-state index >= 15 is 0 Å². The van der Waals surface area contributed by atoms with Gasteiger partial charge in [-0.15, -0.1) is 5.06 Å². The number of hydrogen-bond acceptors (Lipinski definition) is 11. The number of carboxylic acids is 1. The van der Waals surface area contributed by atoms with Crippen LogP contribution in [0.2, 0.25) is 0 Å². The Morgan fingerprint density at radius 3 is 2.27 bits per heavy atom. The second-order valence-electron chi connectivity index (χ2n) is 11.3. The van der Waals surface area contributed by atoms with Crippen molar-refractivity contribution in [3.63, 3.8) is 0 Å². The van der Waals surface area contributed by atoms with Crippen LogP contribution >= 0.6 is 0 Å². The van der Waals surface area contributed by atoms with Crippen LogP contribution in [-0.2, 0) is 28.7 Å². The van der Waals surface area contributed by atoms with Gasteiger partial charge in [-0.05, 0) is 52.4 Å². The highest BCUT2D eigenvalue weighted by Crippen LogP contribution is 2.40.